The number of alkyl halides is 2. The van der Waals surface area contributed by atoms with E-state index in [1.807, 2.05) is 30.3 Å². The molecule has 2 aromatic carbocycles. The Labute approximate surface area is 183 Å². The van der Waals surface area contributed by atoms with Crippen LogP contribution in [-0.2, 0) is 16.4 Å². The van der Waals surface area contributed by atoms with Gasteiger partial charge in [0.05, 0.1) is 22.7 Å². The minimum Gasteiger partial charge on any atom is -0.336 e. The number of halogens is 2. The van der Waals surface area contributed by atoms with Crippen molar-refractivity contribution in [2.24, 2.45) is 0 Å². The molecule has 0 spiro atoms. The van der Waals surface area contributed by atoms with Gasteiger partial charge in [-0.25, -0.2) is 8.42 Å². The molecule has 1 fully saturated rings. The lowest BCUT2D eigenvalue weighted by Crippen LogP contribution is -2.48. The number of piperazine rings is 1. The fourth-order valence-electron chi connectivity index (χ4n) is 3.54. The van der Waals surface area contributed by atoms with Crippen LogP contribution in [-0.4, -0.2) is 76.3 Å². The number of amides is 1. The van der Waals surface area contributed by atoms with Gasteiger partial charge in [-0.05, 0) is 34.7 Å². The molecular weight excluding hydrogens is 442 g/mol. The van der Waals surface area contributed by atoms with E-state index in [0.29, 0.717) is 38.5 Å². The van der Waals surface area contributed by atoms with Crippen LogP contribution in [0.15, 0.2) is 59.5 Å². The Morgan fingerprint density at radius 1 is 0.969 bits per heavy atom. The van der Waals surface area contributed by atoms with Crippen molar-refractivity contribution in [3.8, 4) is 5.69 Å². The molecule has 1 saturated heterocycles. The summed E-state index contributed by atoms with van der Waals surface area (Å²) >= 11 is 0. The van der Waals surface area contributed by atoms with Crippen LogP contribution < -0.4 is 0 Å². The molecule has 9 nitrogen and oxygen atoms in total. The third-order valence-corrected chi connectivity index (χ3v) is 6.66. The van der Waals surface area contributed by atoms with Crippen molar-refractivity contribution in [2.75, 3.05) is 26.2 Å². The first kappa shape index (κ1) is 22.0. The van der Waals surface area contributed by atoms with Gasteiger partial charge < -0.3 is 4.90 Å². The second-order valence-electron chi connectivity index (χ2n) is 7.21. The number of para-hydroxylation sites is 1. The summed E-state index contributed by atoms with van der Waals surface area (Å²) in [5.41, 5.74) is 0.590. The fraction of sp³-hybridized carbons (Fsp3) is 0.300. The molecule has 12 heteroatoms. The molecule has 32 heavy (non-hydrogen) atoms. The predicted octanol–water partition coefficient (Wildman–Crippen LogP) is 1.62. The molecule has 0 atom stereocenters. The van der Waals surface area contributed by atoms with Crippen LogP contribution in [0, 0.1) is 0 Å². The van der Waals surface area contributed by atoms with Gasteiger partial charge in [0.15, 0.2) is 5.82 Å². The van der Waals surface area contributed by atoms with E-state index in [-0.39, 0.29) is 5.56 Å². The monoisotopic (exact) mass is 462 g/mol. The van der Waals surface area contributed by atoms with E-state index in [0.717, 1.165) is 11.8 Å². The van der Waals surface area contributed by atoms with E-state index >= 15 is 0 Å². The molecule has 2 heterocycles. The van der Waals surface area contributed by atoms with Gasteiger partial charge in [-0.3, -0.25) is 9.69 Å². The average Bonchev–Trinajstić information content (AvgIpc) is 3.27. The molecule has 0 aliphatic carbocycles. The number of rotatable bonds is 6. The van der Waals surface area contributed by atoms with Crippen LogP contribution in [0.4, 0.5) is 8.78 Å². The molecule has 168 valence electrons. The van der Waals surface area contributed by atoms with E-state index in [1.54, 1.807) is 4.68 Å². The standard InChI is InChI=1S/C20H20F2N6O3S/c21-20(22)32(30,31)17-9-5-4-8-16(17)19(29)27-12-10-26(11-13-27)14-18-23-24-25-28(18)15-6-2-1-3-7-15/h1-9,20H,10-14H2. The van der Waals surface area contributed by atoms with E-state index in [1.165, 1.54) is 23.1 Å². The first-order chi connectivity index (χ1) is 15.4. The second kappa shape index (κ2) is 9.09. The molecule has 0 N–H and O–H groups in total. The summed E-state index contributed by atoms with van der Waals surface area (Å²) in [5.74, 6) is -3.54. The normalized spacial score (nSPS) is 15.3. The Bertz CT molecular complexity index is 1190. The minimum atomic E-state index is -4.88. The summed E-state index contributed by atoms with van der Waals surface area (Å²) in [4.78, 5) is 15.8. The number of benzene rings is 2. The Morgan fingerprint density at radius 3 is 2.31 bits per heavy atom. The van der Waals surface area contributed by atoms with Gasteiger partial charge in [0.1, 0.15) is 0 Å². The summed E-state index contributed by atoms with van der Waals surface area (Å²) in [6, 6.07) is 14.5. The Morgan fingerprint density at radius 2 is 1.62 bits per heavy atom. The third kappa shape index (κ3) is 4.36. The topological polar surface area (TPSA) is 101 Å². The molecule has 1 aromatic heterocycles. The Balaban J connectivity index is 1.44. The highest BCUT2D eigenvalue weighted by atomic mass is 32.2. The van der Waals surface area contributed by atoms with Crippen molar-refractivity contribution in [3.05, 3.63) is 66.0 Å². The van der Waals surface area contributed by atoms with E-state index in [4.69, 9.17) is 0 Å². The van der Waals surface area contributed by atoms with E-state index in [9.17, 15) is 22.0 Å². The number of sulfone groups is 1. The summed E-state index contributed by atoms with van der Waals surface area (Å²) in [7, 11) is -4.88. The summed E-state index contributed by atoms with van der Waals surface area (Å²) < 4.78 is 51.6. The first-order valence-corrected chi connectivity index (χ1v) is 11.4. The van der Waals surface area contributed by atoms with Crippen LogP contribution in [0.3, 0.4) is 0 Å². The number of hydrogen-bond acceptors (Lipinski definition) is 7. The average molecular weight is 462 g/mol. The van der Waals surface area contributed by atoms with Crippen LogP contribution in [0.5, 0.6) is 0 Å². The van der Waals surface area contributed by atoms with Crippen molar-refractivity contribution in [1.82, 2.24) is 30.0 Å². The number of aromatic nitrogens is 4. The van der Waals surface area contributed by atoms with Gasteiger partial charge in [-0.15, -0.1) is 5.10 Å². The van der Waals surface area contributed by atoms with Gasteiger partial charge in [-0.2, -0.15) is 13.5 Å². The van der Waals surface area contributed by atoms with Gasteiger partial charge in [0.25, 0.3) is 5.91 Å². The highest BCUT2D eigenvalue weighted by Crippen LogP contribution is 2.24. The van der Waals surface area contributed by atoms with Crippen LogP contribution in [0.2, 0.25) is 0 Å². The lowest BCUT2D eigenvalue weighted by atomic mass is 10.2. The number of nitrogens with zero attached hydrogens (tertiary/aromatic N) is 6. The van der Waals surface area contributed by atoms with Crippen molar-refractivity contribution < 1.29 is 22.0 Å². The maximum atomic E-state index is 13.0. The summed E-state index contributed by atoms with van der Waals surface area (Å²) in [6.45, 7) is 2.08. The Hall–Kier alpha value is -3.25. The van der Waals surface area contributed by atoms with Gasteiger partial charge in [-0.1, -0.05) is 30.3 Å². The lowest BCUT2D eigenvalue weighted by Gasteiger charge is -2.34. The quantitative estimate of drug-likeness (QED) is 0.549. The molecule has 3 aromatic rings. The predicted molar refractivity (Wildman–Crippen MR) is 110 cm³/mol. The zero-order valence-corrected chi connectivity index (χ0v) is 17.7. The summed E-state index contributed by atoms with van der Waals surface area (Å²) in [6.07, 6.45) is 0. The molecular formula is C20H20F2N6O3S. The second-order valence-corrected chi connectivity index (χ2v) is 9.10. The lowest BCUT2D eigenvalue weighted by molar-refractivity contribution is 0.0620. The summed E-state index contributed by atoms with van der Waals surface area (Å²) in [5, 5.41) is 11.9. The molecule has 0 saturated carbocycles. The van der Waals surface area contributed by atoms with Crippen LogP contribution >= 0.6 is 0 Å². The fourth-order valence-corrected chi connectivity index (χ4v) is 4.46. The smallest absolute Gasteiger partial charge is 0.336 e. The van der Waals surface area contributed by atoms with Crippen LogP contribution in [0.25, 0.3) is 5.69 Å². The maximum Gasteiger partial charge on any atom is 0.341 e. The molecule has 0 radical (unpaired) electrons. The van der Waals surface area contributed by atoms with Gasteiger partial charge in [0, 0.05) is 26.2 Å². The van der Waals surface area contributed by atoms with Gasteiger partial charge in [0.2, 0.25) is 9.84 Å². The minimum absolute atomic E-state index is 0.241. The zero-order chi connectivity index (χ0) is 22.7. The zero-order valence-electron chi connectivity index (χ0n) is 16.9. The molecule has 0 unspecified atom stereocenters. The number of carbonyl (C=O) groups is 1. The highest BCUT2D eigenvalue weighted by molar-refractivity contribution is 7.91. The number of tetrazole rings is 1. The molecule has 1 aliphatic rings. The van der Waals surface area contributed by atoms with Crippen molar-refractivity contribution in [1.29, 1.82) is 0 Å². The maximum absolute atomic E-state index is 13.0. The van der Waals surface area contributed by atoms with E-state index in [2.05, 4.69) is 20.4 Å². The number of hydrogen-bond donors (Lipinski definition) is 0. The first-order valence-electron chi connectivity index (χ1n) is 9.83. The SMILES string of the molecule is O=C(c1ccccc1S(=O)(=O)C(F)F)N1CCN(Cc2nnnn2-c2ccccc2)CC1. The molecule has 1 aliphatic heterocycles. The van der Waals surface area contributed by atoms with Crippen molar-refractivity contribution in [3.63, 3.8) is 0 Å². The molecule has 1 amide bonds. The number of carbonyl (C=O) groups excluding carboxylic acids is 1. The molecule has 4 rings (SSSR count). The van der Waals surface area contributed by atoms with Crippen LogP contribution in [0.1, 0.15) is 16.2 Å². The van der Waals surface area contributed by atoms with Crippen molar-refractivity contribution >= 4 is 15.7 Å². The highest BCUT2D eigenvalue weighted by Gasteiger charge is 2.33. The van der Waals surface area contributed by atoms with Gasteiger partial charge >= 0.3 is 5.76 Å². The molecule has 0 bridgehead atoms. The third-order valence-electron chi connectivity index (χ3n) is 5.22. The Kier molecular flexibility index (Phi) is 6.24. The van der Waals surface area contributed by atoms with E-state index < -0.39 is 26.4 Å². The largest absolute Gasteiger partial charge is 0.341 e. The van der Waals surface area contributed by atoms with Crippen molar-refractivity contribution in [2.45, 2.75) is 17.2 Å².